The van der Waals surface area contributed by atoms with E-state index in [1.165, 1.54) is 0 Å². The molecule has 0 spiro atoms. The van der Waals surface area contributed by atoms with Crippen molar-refractivity contribution in [2.75, 3.05) is 6.54 Å². The Balaban J connectivity index is 1.85. The number of halogens is 1. The highest BCUT2D eigenvalue weighted by molar-refractivity contribution is 9.10. The standard InChI is InChI=1S/C23H26BrNO2/c1-16(2)15-23(20-8-6-5-7-9-20)12-13-25(22(26)27-23)18(4)19-10-11-21(24)17(3)14-19/h5-11,14,18H,1,12-13,15H2,2-4H3/t18-,23-/m1/s1. The maximum absolute atomic E-state index is 13.0. The van der Waals surface area contributed by atoms with Crippen LogP contribution in [0.15, 0.2) is 65.2 Å². The number of benzene rings is 2. The highest BCUT2D eigenvalue weighted by Gasteiger charge is 2.43. The van der Waals surface area contributed by atoms with Crippen LogP contribution in [-0.2, 0) is 10.3 Å². The predicted molar refractivity (Wildman–Crippen MR) is 113 cm³/mol. The molecule has 0 saturated carbocycles. The Kier molecular flexibility index (Phi) is 5.75. The zero-order valence-corrected chi connectivity index (χ0v) is 17.8. The van der Waals surface area contributed by atoms with Crippen LogP contribution < -0.4 is 0 Å². The average molecular weight is 428 g/mol. The molecule has 142 valence electrons. The molecule has 1 fully saturated rings. The van der Waals surface area contributed by atoms with Crippen molar-refractivity contribution in [2.45, 2.75) is 45.3 Å². The lowest BCUT2D eigenvalue weighted by Crippen LogP contribution is -2.48. The molecular formula is C23H26BrNO2. The molecule has 3 nitrogen and oxygen atoms in total. The molecule has 4 heteroatoms. The summed E-state index contributed by atoms with van der Waals surface area (Å²) >= 11 is 3.54. The summed E-state index contributed by atoms with van der Waals surface area (Å²) in [7, 11) is 0. The summed E-state index contributed by atoms with van der Waals surface area (Å²) in [6.45, 7) is 10.8. The predicted octanol–water partition coefficient (Wildman–Crippen LogP) is 6.52. The lowest BCUT2D eigenvalue weighted by Gasteiger charge is -2.43. The van der Waals surface area contributed by atoms with Gasteiger partial charge in [0.25, 0.3) is 0 Å². The molecule has 0 N–H and O–H groups in total. The van der Waals surface area contributed by atoms with Crippen LogP contribution in [0.4, 0.5) is 4.79 Å². The maximum atomic E-state index is 13.0. The number of hydrogen-bond donors (Lipinski definition) is 0. The lowest BCUT2D eigenvalue weighted by atomic mass is 9.83. The normalized spacial score (nSPS) is 20.9. The van der Waals surface area contributed by atoms with Crippen molar-refractivity contribution in [2.24, 2.45) is 0 Å². The van der Waals surface area contributed by atoms with Crippen LogP contribution in [0.5, 0.6) is 0 Å². The first-order valence-electron chi connectivity index (χ1n) is 9.28. The Morgan fingerprint density at radius 1 is 1.30 bits per heavy atom. The third kappa shape index (κ3) is 4.11. The van der Waals surface area contributed by atoms with Crippen molar-refractivity contribution in [1.82, 2.24) is 4.90 Å². The van der Waals surface area contributed by atoms with Gasteiger partial charge in [0.05, 0.1) is 6.04 Å². The van der Waals surface area contributed by atoms with Crippen molar-refractivity contribution in [3.63, 3.8) is 0 Å². The van der Waals surface area contributed by atoms with Gasteiger partial charge >= 0.3 is 6.09 Å². The first-order valence-corrected chi connectivity index (χ1v) is 10.1. The number of ether oxygens (including phenoxy) is 1. The monoisotopic (exact) mass is 427 g/mol. The molecule has 1 heterocycles. The molecule has 1 aliphatic heterocycles. The molecule has 0 unspecified atom stereocenters. The maximum Gasteiger partial charge on any atom is 0.411 e. The van der Waals surface area contributed by atoms with Crippen molar-refractivity contribution < 1.29 is 9.53 Å². The van der Waals surface area contributed by atoms with E-state index in [0.717, 1.165) is 33.2 Å². The van der Waals surface area contributed by atoms with E-state index in [0.29, 0.717) is 13.0 Å². The summed E-state index contributed by atoms with van der Waals surface area (Å²) in [6, 6.07) is 16.2. The Hall–Kier alpha value is -2.07. The van der Waals surface area contributed by atoms with Gasteiger partial charge in [0.2, 0.25) is 0 Å². The molecule has 0 aromatic heterocycles. The highest BCUT2D eigenvalue weighted by atomic mass is 79.9. The summed E-state index contributed by atoms with van der Waals surface area (Å²) in [5.41, 5.74) is 3.69. The van der Waals surface area contributed by atoms with Gasteiger partial charge in [-0.05, 0) is 43.5 Å². The van der Waals surface area contributed by atoms with Crippen LogP contribution in [0, 0.1) is 6.92 Å². The highest BCUT2D eigenvalue weighted by Crippen LogP contribution is 2.41. The van der Waals surface area contributed by atoms with Crippen LogP contribution in [0.1, 0.15) is 49.4 Å². The molecule has 1 aliphatic rings. The van der Waals surface area contributed by atoms with E-state index in [4.69, 9.17) is 4.74 Å². The fourth-order valence-electron chi connectivity index (χ4n) is 3.79. The van der Waals surface area contributed by atoms with Gasteiger partial charge in [-0.15, -0.1) is 0 Å². The fourth-order valence-corrected chi connectivity index (χ4v) is 4.03. The van der Waals surface area contributed by atoms with Gasteiger partial charge in [0.15, 0.2) is 0 Å². The molecule has 0 aliphatic carbocycles. The molecule has 0 bridgehead atoms. The Bertz CT molecular complexity index is 849. The second-order valence-electron chi connectivity index (χ2n) is 7.49. The summed E-state index contributed by atoms with van der Waals surface area (Å²) in [4.78, 5) is 14.8. The quantitative estimate of drug-likeness (QED) is 0.508. The molecule has 27 heavy (non-hydrogen) atoms. The summed E-state index contributed by atoms with van der Waals surface area (Å²) in [5.74, 6) is 0. The van der Waals surface area contributed by atoms with Gasteiger partial charge in [-0.25, -0.2) is 4.79 Å². The van der Waals surface area contributed by atoms with E-state index >= 15 is 0 Å². The van der Waals surface area contributed by atoms with E-state index in [1.54, 1.807) is 0 Å². The second-order valence-corrected chi connectivity index (χ2v) is 8.34. The van der Waals surface area contributed by atoms with Crippen LogP contribution in [0.25, 0.3) is 0 Å². The van der Waals surface area contributed by atoms with E-state index < -0.39 is 5.60 Å². The molecule has 1 saturated heterocycles. The molecule has 2 aromatic carbocycles. The third-order valence-electron chi connectivity index (χ3n) is 5.29. The van der Waals surface area contributed by atoms with Crippen LogP contribution in [-0.4, -0.2) is 17.5 Å². The van der Waals surface area contributed by atoms with Gasteiger partial charge in [0, 0.05) is 23.9 Å². The van der Waals surface area contributed by atoms with Crippen molar-refractivity contribution in [3.05, 3.63) is 81.8 Å². The Morgan fingerprint density at radius 2 is 2.00 bits per heavy atom. The molecule has 1 amide bonds. The van der Waals surface area contributed by atoms with Crippen LogP contribution in [0.2, 0.25) is 0 Å². The SMILES string of the molecule is C=C(C)C[C@@]1(c2ccccc2)CCN([C@H](C)c2ccc(Br)c(C)c2)C(=O)O1. The van der Waals surface area contributed by atoms with E-state index in [2.05, 4.69) is 48.5 Å². The average Bonchev–Trinajstić information content (AvgIpc) is 2.64. The van der Waals surface area contributed by atoms with Gasteiger partial charge in [-0.1, -0.05) is 70.5 Å². The van der Waals surface area contributed by atoms with Crippen molar-refractivity contribution in [1.29, 1.82) is 0 Å². The topological polar surface area (TPSA) is 29.5 Å². The number of carbonyl (C=O) groups excluding carboxylic acids is 1. The summed E-state index contributed by atoms with van der Waals surface area (Å²) in [5, 5.41) is 0. The number of amides is 1. The number of hydrogen-bond acceptors (Lipinski definition) is 2. The van der Waals surface area contributed by atoms with Crippen molar-refractivity contribution in [3.8, 4) is 0 Å². The summed E-state index contributed by atoms with van der Waals surface area (Å²) < 4.78 is 7.17. The minimum absolute atomic E-state index is 0.0390. The van der Waals surface area contributed by atoms with Crippen LogP contribution >= 0.6 is 15.9 Å². The van der Waals surface area contributed by atoms with Gasteiger partial charge < -0.3 is 9.64 Å². The minimum Gasteiger partial charge on any atom is -0.437 e. The molecule has 2 atom stereocenters. The minimum atomic E-state index is -0.629. The first kappa shape index (κ1) is 19.7. The van der Waals surface area contributed by atoms with Gasteiger partial charge in [-0.3, -0.25) is 0 Å². The number of rotatable bonds is 5. The molecule has 3 rings (SSSR count). The zero-order chi connectivity index (χ0) is 19.6. The number of cyclic esters (lactones) is 1. The molecular weight excluding hydrogens is 402 g/mol. The lowest BCUT2D eigenvalue weighted by molar-refractivity contribution is -0.0602. The van der Waals surface area contributed by atoms with E-state index in [-0.39, 0.29) is 12.1 Å². The summed E-state index contributed by atoms with van der Waals surface area (Å²) in [6.07, 6.45) is 1.12. The number of nitrogens with zero attached hydrogens (tertiary/aromatic N) is 1. The van der Waals surface area contributed by atoms with Gasteiger partial charge in [-0.2, -0.15) is 0 Å². The van der Waals surface area contributed by atoms with Crippen molar-refractivity contribution >= 4 is 22.0 Å². The number of aryl methyl sites for hydroxylation is 1. The Morgan fingerprint density at radius 3 is 2.59 bits per heavy atom. The smallest absolute Gasteiger partial charge is 0.411 e. The van der Waals surface area contributed by atoms with E-state index in [9.17, 15) is 4.79 Å². The third-order valence-corrected chi connectivity index (χ3v) is 6.18. The van der Waals surface area contributed by atoms with Crippen LogP contribution in [0.3, 0.4) is 0 Å². The zero-order valence-electron chi connectivity index (χ0n) is 16.2. The van der Waals surface area contributed by atoms with Gasteiger partial charge in [0.1, 0.15) is 5.60 Å². The van der Waals surface area contributed by atoms with E-state index in [1.807, 2.05) is 48.2 Å². The Labute approximate surface area is 170 Å². The fraction of sp³-hybridized carbons (Fsp3) is 0.348. The first-order chi connectivity index (χ1) is 12.8. The second kappa shape index (κ2) is 7.89. The molecule has 2 aromatic rings. The number of carbonyl (C=O) groups is 1. The largest absolute Gasteiger partial charge is 0.437 e. The molecule has 0 radical (unpaired) electrons.